The number of hydrogen-bond donors (Lipinski definition) is 1. The monoisotopic (exact) mass is 607 g/mol. The first-order chi connectivity index (χ1) is 20.3. The maximum atomic E-state index is 13.6. The molecule has 0 aromatic heterocycles. The van der Waals surface area contributed by atoms with Crippen molar-refractivity contribution < 1.29 is 27.5 Å². The molecule has 224 valence electrons. The van der Waals surface area contributed by atoms with Gasteiger partial charge in [-0.05, 0) is 74.6 Å². The van der Waals surface area contributed by atoms with Crippen molar-refractivity contribution in [2.45, 2.75) is 51.2 Å². The van der Waals surface area contributed by atoms with Gasteiger partial charge in [-0.1, -0.05) is 54.7 Å². The van der Waals surface area contributed by atoms with E-state index in [4.69, 9.17) is 23.5 Å². The molecule has 1 fully saturated rings. The third-order valence-electron chi connectivity index (χ3n) is 7.36. The largest absolute Gasteiger partial charge is 0.407 e. The van der Waals surface area contributed by atoms with E-state index in [9.17, 15) is 22.8 Å². The number of anilines is 2. The number of ketones is 2. The second kappa shape index (κ2) is 13.1. The maximum absolute atomic E-state index is 13.6. The summed E-state index contributed by atoms with van der Waals surface area (Å²) in [7, 11) is 0. The van der Waals surface area contributed by atoms with E-state index in [1.807, 2.05) is 48.5 Å². The molecule has 6 nitrogen and oxygen atoms in total. The number of thiocarbonyl (C=S) groups is 1. The van der Waals surface area contributed by atoms with E-state index in [0.29, 0.717) is 12.3 Å². The zero-order chi connectivity index (χ0) is 31.4. The van der Waals surface area contributed by atoms with E-state index in [2.05, 4.69) is 10.2 Å². The molecule has 0 saturated carbocycles. The Morgan fingerprint density at radius 1 is 1.05 bits per heavy atom. The van der Waals surface area contributed by atoms with Gasteiger partial charge in [0.25, 0.3) is 0 Å². The van der Waals surface area contributed by atoms with Crippen LogP contribution in [0.15, 0.2) is 66.7 Å². The third-order valence-corrected chi connectivity index (χ3v) is 7.78. The van der Waals surface area contributed by atoms with Crippen LogP contribution in [0.25, 0.3) is 16.0 Å². The van der Waals surface area contributed by atoms with Gasteiger partial charge in [-0.25, -0.2) is 4.85 Å². The Labute approximate surface area is 254 Å². The first-order valence-electron chi connectivity index (χ1n) is 13.8. The molecule has 0 amide bonds. The van der Waals surface area contributed by atoms with Crippen LogP contribution in [0.1, 0.15) is 50.7 Å². The fourth-order valence-corrected chi connectivity index (χ4v) is 5.72. The highest BCUT2D eigenvalue weighted by molar-refractivity contribution is 7.80. The number of carbonyl (C=O) groups is 2. The normalized spacial score (nSPS) is 16.3. The van der Waals surface area contributed by atoms with Crippen molar-refractivity contribution in [1.82, 2.24) is 0 Å². The number of nitrogens with one attached hydrogen (secondary N) is 1. The van der Waals surface area contributed by atoms with Crippen LogP contribution >= 0.6 is 12.2 Å². The Balaban J connectivity index is 1.45. The second-order valence-corrected chi connectivity index (χ2v) is 11.3. The van der Waals surface area contributed by atoms with Gasteiger partial charge in [-0.15, -0.1) is 0 Å². The number of Topliss-reactive ketones (excluding diaryl/α,β-unsaturated/α-hetero) is 2. The topological polar surface area (TPSA) is 63.0 Å². The van der Waals surface area contributed by atoms with E-state index in [1.54, 1.807) is 18.7 Å². The molecule has 3 aromatic carbocycles. The van der Waals surface area contributed by atoms with E-state index in [0.717, 1.165) is 48.3 Å². The molecule has 43 heavy (non-hydrogen) atoms. The summed E-state index contributed by atoms with van der Waals surface area (Å²) in [5, 5.41) is 3.37. The molecule has 1 aliphatic heterocycles. The van der Waals surface area contributed by atoms with Gasteiger partial charge < -0.3 is 15.0 Å². The molecular formula is C33H32F3N3O3S. The van der Waals surface area contributed by atoms with Gasteiger partial charge in [0.15, 0.2) is 17.3 Å². The number of ether oxygens (including phenoxy) is 1. The molecule has 3 aromatic rings. The van der Waals surface area contributed by atoms with Crippen molar-refractivity contribution in [3.63, 3.8) is 0 Å². The van der Waals surface area contributed by atoms with Gasteiger partial charge in [0.05, 0.1) is 28.6 Å². The van der Waals surface area contributed by atoms with Gasteiger partial charge in [-0.3, -0.25) is 9.59 Å². The quantitative estimate of drug-likeness (QED) is 0.135. The maximum Gasteiger partial charge on any atom is 0.407 e. The van der Waals surface area contributed by atoms with Crippen molar-refractivity contribution in [3.8, 4) is 11.1 Å². The molecule has 0 bridgehead atoms. The van der Waals surface area contributed by atoms with Gasteiger partial charge in [0.2, 0.25) is 0 Å². The summed E-state index contributed by atoms with van der Waals surface area (Å²) in [6.07, 6.45) is -2.96. The molecule has 1 atom stereocenters. The third kappa shape index (κ3) is 7.12. The van der Waals surface area contributed by atoms with Gasteiger partial charge in [-0.2, -0.15) is 13.2 Å². The summed E-state index contributed by atoms with van der Waals surface area (Å²) < 4.78 is 46.2. The number of rotatable bonds is 11. The minimum absolute atomic E-state index is 0.0198. The lowest BCUT2D eigenvalue weighted by atomic mass is 9.88. The summed E-state index contributed by atoms with van der Waals surface area (Å²) in [4.78, 5) is 29.3. The average Bonchev–Trinajstić information content (AvgIpc) is 3.14. The first-order valence-corrected chi connectivity index (χ1v) is 14.2. The molecule has 0 aliphatic carbocycles. The molecule has 1 unspecified atom stereocenters. The fourth-order valence-electron chi connectivity index (χ4n) is 5.14. The Hall–Kier alpha value is -4.07. The van der Waals surface area contributed by atoms with Crippen molar-refractivity contribution in [2.75, 3.05) is 30.0 Å². The standard InChI is InChI=1S/C33H32F3N3O3S/c1-21(40)20-42-18-6-5-17-38-25-12-7-22(8-13-25)23-9-14-26(15-10-23)39-31(43)29(30(41)32(39,2)3)24-11-16-28(37-4)27(19-24)33(34,35)36/h7-16,19,29,38H,5-6,17-18,20H2,1-3H3. The summed E-state index contributed by atoms with van der Waals surface area (Å²) in [5.41, 5.74) is 1.03. The van der Waals surface area contributed by atoms with Crippen LogP contribution in [-0.2, 0) is 20.5 Å². The highest BCUT2D eigenvalue weighted by Crippen LogP contribution is 2.44. The number of alkyl halides is 3. The highest BCUT2D eigenvalue weighted by Gasteiger charge is 2.51. The van der Waals surface area contributed by atoms with E-state index in [-0.39, 0.29) is 28.7 Å². The van der Waals surface area contributed by atoms with E-state index < -0.39 is 28.9 Å². The lowest BCUT2D eigenvalue weighted by molar-refractivity contribution is -0.137. The second-order valence-electron chi connectivity index (χ2n) is 10.9. The van der Waals surface area contributed by atoms with Crippen LogP contribution in [0, 0.1) is 6.57 Å². The molecule has 10 heteroatoms. The van der Waals surface area contributed by atoms with Crippen LogP contribution in [-0.4, -0.2) is 41.9 Å². The number of halogens is 3. The summed E-state index contributed by atoms with van der Waals surface area (Å²) in [6, 6.07) is 18.9. The number of benzene rings is 3. The average molecular weight is 608 g/mol. The lowest BCUT2D eigenvalue weighted by Crippen LogP contribution is -2.44. The van der Waals surface area contributed by atoms with E-state index in [1.165, 1.54) is 13.0 Å². The predicted octanol–water partition coefficient (Wildman–Crippen LogP) is 8.00. The predicted molar refractivity (Wildman–Crippen MR) is 166 cm³/mol. The molecule has 1 aliphatic rings. The van der Waals surface area contributed by atoms with Gasteiger partial charge in [0.1, 0.15) is 6.61 Å². The fraction of sp³-hybridized carbons (Fsp3) is 0.333. The van der Waals surface area contributed by atoms with Crippen molar-refractivity contribution >= 4 is 45.8 Å². The summed E-state index contributed by atoms with van der Waals surface area (Å²) >= 11 is 5.70. The number of hydrogen-bond acceptors (Lipinski definition) is 5. The van der Waals surface area contributed by atoms with Crippen LogP contribution in [0.3, 0.4) is 0 Å². The number of carbonyl (C=O) groups excluding carboxylic acids is 2. The van der Waals surface area contributed by atoms with Crippen molar-refractivity contribution in [1.29, 1.82) is 0 Å². The van der Waals surface area contributed by atoms with Crippen LogP contribution < -0.4 is 10.2 Å². The van der Waals surface area contributed by atoms with Gasteiger partial charge >= 0.3 is 6.18 Å². The van der Waals surface area contributed by atoms with Gasteiger partial charge in [0, 0.05) is 24.5 Å². The summed E-state index contributed by atoms with van der Waals surface area (Å²) in [6.45, 7) is 13.5. The lowest BCUT2D eigenvalue weighted by Gasteiger charge is -2.31. The minimum atomic E-state index is -4.73. The molecule has 0 radical (unpaired) electrons. The van der Waals surface area contributed by atoms with Crippen LogP contribution in [0.4, 0.5) is 30.2 Å². The van der Waals surface area contributed by atoms with Crippen LogP contribution in [0.5, 0.6) is 0 Å². The number of unbranched alkanes of at least 4 members (excludes halogenated alkanes) is 1. The smallest absolute Gasteiger partial charge is 0.385 e. The number of nitrogens with zero attached hydrogens (tertiary/aromatic N) is 2. The van der Waals surface area contributed by atoms with Crippen molar-refractivity contribution in [3.05, 3.63) is 89.3 Å². The SMILES string of the molecule is [C-]#[N+]c1ccc(C2C(=O)C(C)(C)N(c3ccc(-c4ccc(NCCCCOCC(C)=O)cc4)cc3)C2=S)cc1C(F)(F)F. The van der Waals surface area contributed by atoms with Crippen LogP contribution in [0.2, 0.25) is 0 Å². The minimum Gasteiger partial charge on any atom is -0.385 e. The van der Waals surface area contributed by atoms with E-state index >= 15 is 0 Å². The Morgan fingerprint density at radius 2 is 1.67 bits per heavy atom. The Kier molecular flexibility index (Phi) is 9.68. The molecule has 1 saturated heterocycles. The van der Waals surface area contributed by atoms with Crippen molar-refractivity contribution in [2.24, 2.45) is 0 Å². The molecule has 1 N–H and O–H groups in total. The summed E-state index contributed by atoms with van der Waals surface area (Å²) in [5.74, 6) is -1.33. The molecule has 0 spiro atoms. The molecule has 1 heterocycles. The Morgan fingerprint density at radius 3 is 2.26 bits per heavy atom. The zero-order valence-electron chi connectivity index (χ0n) is 24.1. The first kappa shape index (κ1) is 31.9. The Bertz CT molecular complexity index is 1540. The zero-order valence-corrected chi connectivity index (χ0v) is 24.9. The molecule has 4 rings (SSSR count). The molecular weight excluding hydrogens is 575 g/mol. The highest BCUT2D eigenvalue weighted by atomic mass is 32.1.